The molecule has 1 aromatic heterocycles. The van der Waals surface area contributed by atoms with E-state index >= 15 is 0 Å². The highest BCUT2D eigenvalue weighted by atomic mass is 15.3. The normalized spacial score (nSPS) is 12.2. The molecule has 0 amide bonds. The van der Waals surface area contributed by atoms with Crippen molar-refractivity contribution in [3.63, 3.8) is 0 Å². The average Bonchev–Trinajstić information content (AvgIpc) is 2.41. The van der Waals surface area contributed by atoms with Gasteiger partial charge in [-0.25, -0.2) is 0 Å². The van der Waals surface area contributed by atoms with Crippen molar-refractivity contribution in [2.45, 2.75) is 26.3 Å². The first-order valence-electron chi connectivity index (χ1n) is 4.99. The molecule has 0 saturated heterocycles. The van der Waals surface area contributed by atoms with Crippen LogP contribution in [-0.2, 0) is 7.05 Å². The topological polar surface area (TPSA) is 79.7 Å². The maximum absolute atomic E-state index is 8.95. The zero-order valence-electron chi connectivity index (χ0n) is 9.41. The zero-order chi connectivity index (χ0) is 11.4. The Balaban J connectivity index is 2.72. The van der Waals surface area contributed by atoms with Crippen molar-refractivity contribution in [1.82, 2.24) is 9.78 Å². The highest BCUT2D eigenvalue weighted by Gasteiger charge is 2.11. The summed E-state index contributed by atoms with van der Waals surface area (Å²) in [5.74, 6) is 0.774. The van der Waals surface area contributed by atoms with Crippen molar-refractivity contribution in [3.05, 3.63) is 11.3 Å². The molecule has 82 valence electrons. The van der Waals surface area contributed by atoms with Gasteiger partial charge in [-0.1, -0.05) is 0 Å². The van der Waals surface area contributed by atoms with Crippen molar-refractivity contribution in [1.29, 1.82) is 5.26 Å². The predicted octanol–water partition coefficient (Wildman–Crippen LogP) is 0.749. The zero-order valence-corrected chi connectivity index (χ0v) is 9.41. The molecule has 1 unspecified atom stereocenters. The van der Waals surface area contributed by atoms with Crippen LogP contribution in [0.2, 0.25) is 0 Å². The molecule has 0 spiro atoms. The lowest BCUT2D eigenvalue weighted by atomic mass is 10.2. The quantitative estimate of drug-likeness (QED) is 0.763. The van der Waals surface area contributed by atoms with Crippen LogP contribution in [0.15, 0.2) is 0 Å². The minimum atomic E-state index is 0.164. The molecule has 0 aliphatic heterocycles. The highest BCUT2D eigenvalue weighted by molar-refractivity contribution is 5.54. The van der Waals surface area contributed by atoms with Crippen molar-refractivity contribution in [2.75, 3.05) is 11.9 Å². The maximum atomic E-state index is 8.95. The predicted molar refractivity (Wildman–Crippen MR) is 59.4 cm³/mol. The Labute approximate surface area is 89.9 Å². The Morgan fingerprint density at radius 2 is 2.33 bits per heavy atom. The van der Waals surface area contributed by atoms with E-state index in [0.29, 0.717) is 5.56 Å². The van der Waals surface area contributed by atoms with Gasteiger partial charge in [0.15, 0.2) is 0 Å². The molecule has 0 bridgehead atoms. The van der Waals surface area contributed by atoms with Gasteiger partial charge in [0.2, 0.25) is 0 Å². The molecule has 1 rings (SSSR count). The number of hydrogen-bond acceptors (Lipinski definition) is 4. The fourth-order valence-corrected chi connectivity index (χ4v) is 1.41. The van der Waals surface area contributed by atoms with Crippen molar-refractivity contribution >= 4 is 5.82 Å². The third-order valence-electron chi connectivity index (χ3n) is 2.23. The van der Waals surface area contributed by atoms with Crippen LogP contribution in [0.5, 0.6) is 0 Å². The van der Waals surface area contributed by atoms with Crippen LogP contribution in [-0.4, -0.2) is 22.4 Å². The van der Waals surface area contributed by atoms with Crippen molar-refractivity contribution < 1.29 is 0 Å². The summed E-state index contributed by atoms with van der Waals surface area (Å²) in [6, 6.07) is 2.31. The van der Waals surface area contributed by atoms with E-state index in [1.54, 1.807) is 4.68 Å². The van der Waals surface area contributed by atoms with Crippen LogP contribution >= 0.6 is 0 Å². The fourth-order valence-electron chi connectivity index (χ4n) is 1.41. The molecule has 3 N–H and O–H groups in total. The number of nitrogens with two attached hydrogens (primary N) is 1. The van der Waals surface area contributed by atoms with Gasteiger partial charge in [-0.05, 0) is 20.3 Å². The number of nitriles is 1. The van der Waals surface area contributed by atoms with Gasteiger partial charge >= 0.3 is 0 Å². The number of rotatable bonds is 4. The first-order valence-corrected chi connectivity index (χ1v) is 4.99. The van der Waals surface area contributed by atoms with Gasteiger partial charge in [0.1, 0.15) is 17.5 Å². The Hall–Kier alpha value is -1.54. The summed E-state index contributed by atoms with van der Waals surface area (Å²) in [5.41, 5.74) is 7.01. The minimum Gasteiger partial charge on any atom is -0.369 e. The molecule has 0 aliphatic carbocycles. The molecule has 0 radical (unpaired) electrons. The van der Waals surface area contributed by atoms with Gasteiger partial charge < -0.3 is 11.1 Å². The molecular weight excluding hydrogens is 190 g/mol. The second kappa shape index (κ2) is 4.80. The second-order valence-corrected chi connectivity index (χ2v) is 3.74. The number of hydrogen-bond donors (Lipinski definition) is 2. The molecule has 1 aromatic rings. The number of aryl methyl sites for hydroxylation is 2. The second-order valence-electron chi connectivity index (χ2n) is 3.74. The van der Waals surface area contributed by atoms with E-state index < -0.39 is 0 Å². The van der Waals surface area contributed by atoms with Crippen LogP contribution in [0.25, 0.3) is 0 Å². The average molecular weight is 207 g/mol. The third kappa shape index (κ3) is 2.70. The van der Waals surface area contributed by atoms with Crippen LogP contribution < -0.4 is 11.1 Å². The minimum absolute atomic E-state index is 0.164. The van der Waals surface area contributed by atoms with Crippen LogP contribution in [0.3, 0.4) is 0 Å². The standard InChI is InChI=1S/C10H17N5/c1-7(12)4-5-13-10-9(6-11)8(2)14-15(10)3/h7,13H,4-5,12H2,1-3H3. The van der Waals surface area contributed by atoms with E-state index in [4.69, 9.17) is 11.0 Å². The van der Waals surface area contributed by atoms with Gasteiger partial charge in [-0.3, -0.25) is 4.68 Å². The van der Waals surface area contributed by atoms with E-state index in [-0.39, 0.29) is 6.04 Å². The summed E-state index contributed by atoms with van der Waals surface area (Å²) in [5, 5.41) is 16.3. The van der Waals surface area contributed by atoms with E-state index in [0.717, 1.165) is 24.5 Å². The van der Waals surface area contributed by atoms with E-state index in [1.807, 2.05) is 20.9 Å². The molecule has 0 fully saturated rings. The lowest BCUT2D eigenvalue weighted by molar-refractivity contribution is 0.682. The Bertz CT molecular complexity index is 372. The molecule has 0 aromatic carbocycles. The van der Waals surface area contributed by atoms with E-state index in [2.05, 4.69) is 16.5 Å². The largest absolute Gasteiger partial charge is 0.369 e. The van der Waals surface area contributed by atoms with Crippen molar-refractivity contribution in [2.24, 2.45) is 12.8 Å². The Morgan fingerprint density at radius 3 is 2.87 bits per heavy atom. The van der Waals surface area contributed by atoms with E-state index in [9.17, 15) is 0 Å². The number of anilines is 1. The summed E-state index contributed by atoms with van der Waals surface area (Å²) in [7, 11) is 1.82. The monoisotopic (exact) mass is 207 g/mol. The third-order valence-corrected chi connectivity index (χ3v) is 2.23. The Kier molecular flexibility index (Phi) is 3.69. The summed E-state index contributed by atoms with van der Waals surface area (Å²) in [6.45, 7) is 4.54. The van der Waals surface area contributed by atoms with Crippen LogP contribution in [0.4, 0.5) is 5.82 Å². The molecular formula is C10H17N5. The number of nitrogens with zero attached hydrogens (tertiary/aromatic N) is 3. The number of nitrogens with one attached hydrogen (secondary N) is 1. The van der Waals surface area contributed by atoms with Crippen molar-refractivity contribution in [3.8, 4) is 6.07 Å². The molecule has 15 heavy (non-hydrogen) atoms. The summed E-state index contributed by atoms with van der Waals surface area (Å²) in [6.07, 6.45) is 0.870. The van der Waals surface area contributed by atoms with Gasteiger partial charge in [0.25, 0.3) is 0 Å². The summed E-state index contributed by atoms with van der Waals surface area (Å²) in [4.78, 5) is 0. The summed E-state index contributed by atoms with van der Waals surface area (Å²) >= 11 is 0. The molecule has 5 nitrogen and oxygen atoms in total. The lowest BCUT2D eigenvalue weighted by Crippen LogP contribution is -2.20. The Morgan fingerprint density at radius 1 is 1.67 bits per heavy atom. The fraction of sp³-hybridized carbons (Fsp3) is 0.600. The SMILES string of the molecule is Cc1nn(C)c(NCCC(C)N)c1C#N. The van der Waals surface area contributed by atoms with Crippen LogP contribution in [0.1, 0.15) is 24.6 Å². The summed E-state index contributed by atoms with van der Waals surface area (Å²) < 4.78 is 1.69. The van der Waals surface area contributed by atoms with Gasteiger partial charge in [-0.15, -0.1) is 0 Å². The molecule has 1 atom stereocenters. The first kappa shape index (κ1) is 11.5. The maximum Gasteiger partial charge on any atom is 0.142 e. The molecule has 1 heterocycles. The van der Waals surface area contributed by atoms with Gasteiger partial charge in [-0.2, -0.15) is 10.4 Å². The molecule has 0 aliphatic rings. The molecule has 5 heteroatoms. The lowest BCUT2D eigenvalue weighted by Gasteiger charge is -2.08. The highest BCUT2D eigenvalue weighted by Crippen LogP contribution is 2.16. The van der Waals surface area contributed by atoms with Crippen LogP contribution in [0, 0.1) is 18.3 Å². The first-order chi connectivity index (χ1) is 7.06. The molecule has 0 saturated carbocycles. The van der Waals surface area contributed by atoms with Gasteiger partial charge in [0, 0.05) is 19.6 Å². The smallest absolute Gasteiger partial charge is 0.142 e. The van der Waals surface area contributed by atoms with E-state index in [1.165, 1.54) is 0 Å². The van der Waals surface area contributed by atoms with Gasteiger partial charge in [0.05, 0.1) is 5.69 Å². The number of aromatic nitrogens is 2.